The van der Waals surface area contributed by atoms with Gasteiger partial charge >= 0.3 is 31.4 Å². The Bertz CT molecular complexity index is 3110. The van der Waals surface area contributed by atoms with Crippen LogP contribution in [0.2, 0.25) is 0 Å². The summed E-state index contributed by atoms with van der Waals surface area (Å²) in [6.45, 7) is 0. The molecule has 5 heterocycles. The van der Waals surface area contributed by atoms with E-state index in [4.69, 9.17) is 39.6 Å². The van der Waals surface area contributed by atoms with Crippen LogP contribution in [-0.4, -0.2) is 47.1 Å². The first kappa shape index (κ1) is 33.6. The number of carboxylic acids is 2. The molecule has 0 unspecified atom stereocenters. The molecule has 8 bridgehead atoms. The molecule has 0 aliphatic carbocycles. The normalized spacial score (nSPS) is 11.5. The molecule has 8 aromatic rings. The maximum Gasteiger partial charge on any atom is 2.00 e. The number of fused-ring (bicyclic) bond motifs is 20. The predicted octanol–water partition coefficient (Wildman–Crippen LogP) is 6.74. The number of ether oxygens (including phenoxy) is 1. The summed E-state index contributed by atoms with van der Waals surface area (Å²) in [6.07, 6.45) is 0. The molecular weight excluding hydrogens is 750 g/mol. The van der Waals surface area contributed by atoms with Crippen LogP contribution in [0.25, 0.3) is 89.7 Å². The fraction of sp³-hybridized carbons (Fsp3) is 0.0244. The number of carbonyl (C=O) groups is 2. The van der Waals surface area contributed by atoms with E-state index in [2.05, 4.69) is 0 Å². The zero-order valence-corrected chi connectivity index (χ0v) is 31.8. The van der Waals surface area contributed by atoms with Crippen molar-refractivity contribution < 1.29 is 48.6 Å². The van der Waals surface area contributed by atoms with Gasteiger partial charge in [-0.25, -0.2) is 14.6 Å². The average molecular weight is 773 g/mol. The van der Waals surface area contributed by atoms with E-state index in [9.17, 15) is 19.8 Å². The summed E-state index contributed by atoms with van der Waals surface area (Å²) < 4.78 is 7.98. The molecule has 0 amide bonds. The standard InChI is InChI=1S/C41H24N8O5.Zn/c1-49-38-29-12-6-7-13-30(29)39(49)48-37-31-19-22(54-23-17-20(40(50)51)16-21(18-23)41(52)53)14-15-28(31)35(46-37)44-33-25-9-3-2-8-24(25)32(42-33)43-34-26-10-4-5-11-27(26)36(45-34)47-38;/h2-19H,1H3,(H3,42,43,44,45,46,47,48,50,51,52,53);/q;+2/p-1. The predicted molar refractivity (Wildman–Crippen MR) is 198 cm³/mol. The summed E-state index contributed by atoms with van der Waals surface area (Å²) in [5.74, 6) is -0.112. The number of hydrogen-bond donors (Lipinski definition) is 2. The molecule has 0 fully saturated rings. The van der Waals surface area contributed by atoms with Crippen LogP contribution in [-0.2, 0) is 26.5 Å². The van der Waals surface area contributed by atoms with Crippen molar-refractivity contribution in [3.8, 4) is 57.1 Å². The molecule has 258 valence electrons. The molecule has 14 heteroatoms. The number of nitrogens with zero attached hydrogens (tertiary/aromatic N) is 8. The molecule has 13 nitrogen and oxygen atoms in total. The number of aromatic nitrogens is 8. The molecule has 55 heavy (non-hydrogen) atoms. The Morgan fingerprint density at radius 1 is 0.527 bits per heavy atom. The molecule has 0 saturated heterocycles. The van der Waals surface area contributed by atoms with Crippen LogP contribution in [0.4, 0.5) is 0 Å². The first-order chi connectivity index (χ1) is 26.3. The van der Waals surface area contributed by atoms with Gasteiger partial charge < -0.3 is 44.9 Å². The fourth-order valence-electron chi connectivity index (χ4n) is 6.93. The van der Waals surface area contributed by atoms with E-state index in [1.54, 1.807) is 18.2 Å². The minimum atomic E-state index is -1.28. The summed E-state index contributed by atoms with van der Waals surface area (Å²) in [5, 5.41) is 22.1. The molecule has 0 atom stereocenters. The SMILES string of the molecule is C[n+]1c2nc3[n-]c(nc4nc(nc5[n-]c(nc1-c1ccccc1-2)c1cc(Oc2cc(C(=O)O)cc(C(=O)O)c2)ccc51)-c1ccccc1-4)c1ccccc31.[Zn+2]. The number of benzene rings is 5. The smallest absolute Gasteiger partial charge is 0.478 e. The third-order valence-corrected chi connectivity index (χ3v) is 9.45. The Labute approximate surface area is 322 Å². The number of aromatic carboxylic acids is 2. The van der Waals surface area contributed by atoms with Crippen LogP contribution < -0.4 is 19.3 Å². The van der Waals surface area contributed by atoms with Crippen molar-refractivity contribution in [3.05, 3.63) is 120 Å². The molecule has 0 saturated carbocycles. The van der Waals surface area contributed by atoms with Crippen molar-refractivity contribution in [2.75, 3.05) is 0 Å². The fourth-order valence-corrected chi connectivity index (χ4v) is 6.93. The zero-order valence-electron chi connectivity index (χ0n) is 28.8. The summed E-state index contributed by atoms with van der Waals surface area (Å²) >= 11 is 0. The Morgan fingerprint density at radius 3 is 1.51 bits per heavy atom. The number of hydrogen-bond acceptors (Lipinski definition) is 8. The quantitative estimate of drug-likeness (QED) is 0.142. The van der Waals surface area contributed by atoms with Crippen LogP contribution in [0, 0.1) is 0 Å². The summed E-state index contributed by atoms with van der Waals surface area (Å²) in [5.41, 5.74) is 4.53. The van der Waals surface area contributed by atoms with Gasteiger partial charge in [-0.3, -0.25) is 4.57 Å². The molecule has 10 rings (SSSR count). The molecule has 2 aliphatic heterocycles. The molecule has 5 aromatic carbocycles. The second-order valence-electron chi connectivity index (χ2n) is 12.7. The van der Waals surface area contributed by atoms with Crippen LogP contribution >= 0.6 is 0 Å². The number of carboxylic acid groups (broad SMARTS) is 2. The van der Waals surface area contributed by atoms with Crippen molar-refractivity contribution in [1.29, 1.82) is 0 Å². The maximum atomic E-state index is 11.8. The topological polar surface area (TPSA) is 180 Å². The molecule has 3 aromatic heterocycles. The number of rotatable bonds is 4. The average Bonchev–Trinajstić information content (AvgIpc) is 3.89. The van der Waals surface area contributed by atoms with Gasteiger partial charge in [0.2, 0.25) is 0 Å². The Morgan fingerprint density at radius 2 is 0.982 bits per heavy atom. The van der Waals surface area contributed by atoms with Gasteiger partial charge in [0, 0.05) is 44.8 Å². The zero-order chi connectivity index (χ0) is 36.7. The van der Waals surface area contributed by atoms with E-state index in [0.717, 1.165) is 39.1 Å². The molecular formula is C41H23N8O5Zn+. The Hall–Kier alpha value is -7.18. The van der Waals surface area contributed by atoms with E-state index in [1.165, 1.54) is 12.1 Å². The minimum Gasteiger partial charge on any atom is -0.478 e. The van der Waals surface area contributed by atoms with Gasteiger partial charge in [0.05, 0.1) is 29.8 Å². The van der Waals surface area contributed by atoms with Crippen molar-refractivity contribution in [2.24, 2.45) is 7.05 Å². The van der Waals surface area contributed by atoms with Gasteiger partial charge in [0.15, 0.2) is 0 Å². The van der Waals surface area contributed by atoms with E-state index >= 15 is 0 Å². The molecule has 2 N–H and O–H groups in total. The van der Waals surface area contributed by atoms with Crippen molar-refractivity contribution >= 4 is 56.1 Å². The van der Waals surface area contributed by atoms with Crippen LogP contribution in [0.3, 0.4) is 0 Å². The molecule has 0 radical (unpaired) electrons. The van der Waals surface area contributed by atoms with E-state index in [1.807, 2.05) is 84.4 Å². The van der Waals surface area contributed by atoms with E-state index in [0.29, 0.717) is 62.4 Å². The third kappa shape index (κ3) is 5.50. The maximum absolute atomic E-state index is 11.8. The minimum absolute atomic E-state index is 0. The second kappa shape index (κ2) is 12.7. The van der Waals surface area contributed by atoms with Gasteiger partial charge in [-0.15, -0.1) is 0 Å². The van der Waals surface area contributed by atoms with Gasteiger partial charge in [0.1, 0.15) is 23.1 Å². The first-order valence-corrected chi connectivity index (χ1v) is 16.7. The summed E-state index contributed by atoms with van der Waals surface area (Å²) in [7, 11) is 1.89. The van der Waals surface area contributed by atoms with E-state index in [-0.39, 0.29) is 36.4 Å². The van der Waals surface area contributed by atoms with Crippen LogP contribution in [0.5, 0.6) is 11.5 Å². The van der Waals surface area contributed by atoms with Crippen molar-refractivity contribution in [2.45, 2.75) is 0 Å². The monoisotopic (exact) mass is 771 g/mol. The summed E-state index contributed by atoms with van der Waals surface area (Å²) in [6, 6.07) is 32.2. The van der Waals surface area contributed by atoms with Gasteiger partial charge in [-0.2, -0.15) is 0 Å². The van der Waals surface area contributed by atoms with Crippen LogP contribution in [0.15, 0.2) is 109 Å². The molecule has 0 spiro atoms. The van der Waals surface area contributed by atoms with Crippen molar-refractivity contribution in [1.82, 2.24) is 34.9 Å². The van der Waals surface area contributed by atoms with Gasteiger partial charge in [-0.1, -0.05) is 72.8 Å². The van der Waals surface area contributed by atoms with Gasteiger partial charge in [0.25, 0.3) is 0 Å². The van der Waals surface area contributed by atoms with Crippen molar-refractivity contribution in [3.63, 3.8) is 0 Å². The van der Waals surface area contributed by atoms with Gasteiger partial charge in [-0.05, 0) is 57.9 Å². The largest absolute Gasteiger partial charge is 2.00 e. The Kier molecular flexibility index (Phi) is 7.80. The third-order valence-electron chi connectivity index (χ3n) is 9.45. The second-order valence-corrected chi connectivity index (χ2v) is 12.7. The Balaban J connectivity index is 0.00000397. The van der Waals surface area contributed by atoms with E-state index < -0.39 is 11.9 Å². The van der Waals surface area contributed by atoms with Crippen LogP contribution in [0.1, 0.15) is 20.7 Å². The summed E-state index contributed by atoms with van der Waals surface area (Å²) in [4.78, 5) is 58.6. The first-order valence-electron chi connectivity index (χ1n) is 16.7. The molecule has 2 aliphatic rings.